The van der Waals surface area contributed by atoms with Crippen molar-refractivity contribution in [3.8, 4) is 0 Å². The van der Waals surface area contributed by atoms with E-state index in [2.05, 4.69) is 16.6 Å². The van der Waals surface area contributed by atoms with Crippen molar-refractivity contribution in [2.45, 2.75) is 38.0 Å². The molecule has 5 nitrogen and oxygen atoms in total. The Bertz CT molecular complexity index is 367. The maximum Gasteiger partial charge on any atom is 0.0986 e. The summed E-state index contributed by atoms with van der Waals surface area (Å²) in [5, 5.41) is 7.68. The molecule has 3 unspecified atom stereocenters. The number of hydrogen-bond donors (Lipinski definition) is 1. The van der Waals surface area contributed by atoms with Crippen molar-refractivity contribution in [3.63, 3.8) is 0 Å². The van der Waals surface area contributed by atoms with Crippen molar-refractivity contribution < 1.29 is 9.47 Å². The zero-order chi connectivity index (χ0) is 13.0. The minimum Gasteiger partial charge on any atom is -0.377 e. The summed E-state index contributed by atoms with van der Waals surface area (Å²) in [6.07, 6.45) is 6.47. The largest absolute Gasteiger partial charge is 0.377 e. The van der Waals surface area contributed by atoms with Gasteiger partial charge in [-0.05, 0) is 31.9 Å². The zero-order valence-electron chi connectivity index (χ0n) is 11.4. The summed E-state index contributed by atoms with van der Waals surface area (Å²) < 4.78 is 12.9. The average molecular weight is 253 g/mol. The second-order valence-electron chi connectivity index (χ2n) is 4.76. The van der Waals surface area contributed by atoms with Crippen LogP contribution in [0.2, 0.25) is 0 Å². The summed E-state index contributed by atoms with van der Waals surface area (Å²) in [5.41, 5.74) is 1.26. The van der Waals surface area contributed by atoms with E-state index in [9.17, 15) is 0 Å². The number of aryl methyl sites for hydroxylation is 1. The molecule has 0 bridgehead atoms. The van der Waals surface area contributed by atoms with Gasteiger partial charge in [-0.3, -0.25) is 4.68 Å². The summed E-state index contributed by atoms with van der Waals surface area (Å²) in [6.45, 7) is 3.73. The minimum absolute atomic E-state index is 0.193. The standard InChI is InChI=1S/C13H23N3O2/c1-4-18-12-7-11(13(12)17-3)14-6-5-10-8-15-16(2)9-10/h8-9,11-14H,4-7H2,1-3H3. The Balaban J connectivity index is 1.68. The topological polar surface area (TPSA) is 48.3 Å². The highest BCUT2D eigenvalue weighted by Crippen LogP contribution is 2.26. The third kappa shape index (κ3) is 3.10. The van der Waals surface area contributed by atoms with Crippen molar-refractivity contribution in [1.82, 2.24) is 15.1 Å². The van der Waals surface area contributed by atoms with E-state index in [0.29, 0.717) is 6.04 Å². The summed E-state index contributed by atoms with van der Waals surface area (Å²) in [5.74, 6) is 0. The molecule has 102 valence electrons. The highest BCUT2D eigenvalue weighted by atomic mass is 16.5. The fourth-order valence-electron chi connectivity index (χ4n) is 2.48. The first kappa shape index (κ1) is 13.5. The van der Waals surface area contributed by atoms with Gasteiger partial charge in [0, 0.05) is 33.0 Å². The van der Waals surface area contributed by atoms with Gasteiger partial charge in [-0.15, -0.1) is 0 Å². The molecule has 1 aliphatic carbocycles. The number of ether oxygens (including phenoxy) is 2. The number of nitrogens with zero attached hydrogens (tertiary/aromatic N) is 2. The first-order valence-electron chi connectivity index (χ1n) is 6.60. The average Bonchev–Trinajstić information content (AvgIpc) is 2.73. The Hall–Kier alpha value is -0.910. The van der Waals surface area contributed by atoms with Crippen LogP contribution >= 0.6 is 0 Å². The number of nitrogens with one attached hydrogen (secondary N) is 1. The molecule has 2 rings (SSSR count). The van der Waals surface area contributed by atoms with E-state index >= 15 is 0 Å². The number of rotatable bonds is 7. The molecule has 1 aliphatic rings. The Kier molecular flexibility index (Phi) is 4.74. The molecule has 1 aromatic rings. The SMILES string of the molecule is CCOC1CC(NCCc2cnn(C)c2)C1OC. The molecule has 0 radical (unpaired) electrons. The lowest BCUT2D eigenvalue weighted by Crippen LogP contribution is -2.60. The lowest BCUT2D eigenvalue weighted by Gasteiger charge is -2.43. The molecule has 1 saturated carbocycles. The van der Waals surface area contributed by atoms with E-state index in [1.54, 1.807) is 7.11 Å². The number of aromatic nitrogens is 2. The predicted octanol–water partition coefficient (Wildman–Crippen LogP) is 0.745. The van der Waals surface area contributed by atoms with Crippen LogP contribution in [0.1, 0.15) is 18.9 Å². The zero-order valence-corrected chi connectivity index (χ0v) is 11.4. The highest BCUT2D eigenvalue weighted by Gasteiger charge is 2.41. The minimum atomic E-state index is 0.193. The maximum atomic E-state index is 5.60. The smallest absolute Gasteiger partial charge is 0.0986 e. The van der Waals surface area contributed by atoms with E-state index < -0.39 is 0 Å². The molecule has 0 aliphatic heterocycles. The molecule has 1 N–H and O–H groups in total. The quantitative estimate of drug-likeness (QED) is 0.779. The molecule has 1 aromatic heterocycles. The van der Waals surface area contributed by atoms with Gasteiger partial charge in [0.05, 0.1) is 18.4 Å². The molecule has 18 heavy (non-hydrogen) atoms. The summed E-state index contributed by atoms with van der Waals surface area (Å²) in [4.78, 5) is 0. The molecule has 0 spiro atoms. The van der Waals surface area contributed by atoms with Gasteiger partial charge in [0.15, 0.2) is 0 Å². The lowest BCUT2D eigenvalue weighted by molar-refractivity contribution is -0.131. The molecule has 5 heteroatoms. The monoisotopic (exact) mass is 253 g/mol. The van der Waals surface area contributed by atoms with Crippen LogP contribution in [0.4, 0.5) is 0 Å². The fraction of sp³-hybridized carbons (Fsp3) is 0.769. The normalized spacial score (nSPS) is 27.2. The first-order valence-corrected chi connectivity index (χ1v) is 6.60. The Morgan fingerprint density at radius 3 is 3.00 bits per heavy atom. The molecule has 3 atom stereocenters. The van der Waals surface area contributed by atoms with Gasteiger partial charge in [0.1, 0.15) is 0 Å². The molecule has 0 saturated heterocycles. The van der Waals surface area contributed by atoms with Gasteiger partial charge in [-0.25, -0.2) is 0 Å². The van der Waals surface area contributed by atoms with Crippen molar-refractivity contribution in [3.05, 3.63) is 18.0 Å². The van der Waals surface area contributed by atoms with Crippen LogP contribution in [-0.2, 0) is 22.9 Å². The maximum absolute atomic E-state index is 5.60. The molecule has 0 aromatic carbocycles. The summed E-state index contributed by atoms with van der Waals surface area (Å²) >= 11 is 0. The van der Waals surface area contributed by atoms with E-state index in [1.165, 1.54) is 5.56 Å². The van der Waals surface area contributed by atoms with Gasteiger partial charge in [-0.2, -0.15) is 5.10 Å². The molecular formula is C13H23N3O2. The third-order valence-electron chi connectivity index (χ3n) is 3.48. The molecule has 0 amide bonds. The van der Waals surface area contributed by atoms with Crippen LogP contribution in [0.15, 0.2) is 12.4 Å². The first-order chi connectivity index (χ1) is 8.74. The second kappa shape index (κ2) is 6.31. The van der Waals surface area contributed by atoms with E-state index in [0.717, 1.165) is 26.0 Å². The molecular weight excluding hydrogens is 230 g/mol. The second-order valence-corrected chi connectivity index (χ2v) is 4.76. The number of methoxy groups -OCH3 is 1. The predicted molar refractivity (Wildman–Crippen MR) is 69.5 cm³/mol. The number of hydrogen-bond acceptors (Lipinski definition) is 4. The Labute approximate surface area is 108 Å². The Morgan fingerprint density at radius 2 is 2.39 bits per heavy atom. The van der Waals surface area contributed by atoms with Gasteiger partial charge < -0.3 is 14.8 Å². The fourth-order valence-corrected chi connectivity index (χ4v) is 2.48. The van der Waals surface area contributed by atoms with Gasteiger partial charge in [-0.1, -0.05) is 0 Å². The van der Waals surface area contributed by atoms with E-state index in [4.69, 9.17) is 9.47 Å². The van der Waals surface area contributed by atoms with Crippen LogP contribution in [0.25, 0.3) is 0 Å². The third-order valence-corrected chi connectivity index (χ3v) is 3.48. The molecule has 1 heterocycles. The Morgan fingerprint density at radius 1 is 1.56 bits per heavy atom. The van der Waals surface area contributed by atoms with Crippen molar-refractivity contribution >= 4 is 0 Å². The van der Waals surface area contributed by atoms with Gasteiger partial charge >= 0.3 is 0 Å². The van der Waals surface area contributed by atoms with Crippen LogP contribution in [-0.4, -0.2) is 48.3 Å². The lowest BCUT2D eigenvalue weighted by atomic mass is 9.85. The van der Waals surface area contributed by atoms with Crippen LogP contribution in [0.3, 0.4) is 0 Å². The van der Waals surface area contributed by atoms with Gasteiger partial charge in [0.2, 0.25) is 0 Å². The van der Waals surface area contributed by atoms with Crippen molar-refractivity contribution in [2.75, 3.05) is 20.3 Å². The van der Waals surface area contributed by atoms with Crippen LogP contribution in [0.5, 0.6) is 0 Å². The summed E-state index contributed by atoms with van der Waals surface area (Å²) in [7, 11) is 3.70. The van der Waals surface area contributed by atoms with Gasteiger partial charge in [0.25, 0.3) is 0 Å². The van der Waals surface area contributed by atoms with Crippen molar-refractivity contribution in [2.24, 2.45) is 7.05 Å². The highest BCUT2D eigenvalue weighted by molar-refractivity contribution is 5.05. The van der Waals surface area contributed by atoms with E-state index in [1.807, 2.05) is 24.9 Å². The van der Waals surface area contributed by atoms with Crippen LogP contribution in [0, 0.1) is 0 Å². The van der Waals surface area contributed by atoms with Crippen molar-refractivity contribution in [1.29, 1.82) is 0 Å². The summed E-state index contributed by atoms with van der Waals surface area (Å²) in [6, 6.07) is 0.420. The van der Waals surface area contributed by atoms with E-state index in [-0.39, 0.29) is 12.2 Å². The molecule has 1 fully saturated rings. The van der Waals surface area contributed by atoms with Crippen LogP contribution < -0.4 is 5.32 Å².